The van der Waals surface area contributed by atoms with Crippen LogP contribution in [0, 0.1) is 0 Å². The van der Waals surface area contributed by atoms with Gasteiger partial charge in [0.1, 0.15) is 11.5 Å². The lowest BCUT2D eigenvalue weighted by Gasteiger charge is -2.52. The van der Waals surface area contributed by atoms with Gasteiger partial charge in [0.25, 0.3) is 0 Å². The normalized spacial score (nSPS) is 22.2. The molecule has 0 aromatic rings. The molecule has 0 aromatic heterocycles. The first-order chi connectivity index (χ1) is 9.34. The van der Waals surface area contributed by atoms with Gasteiger partial charge in [-0.1, -0.05) is 38.5 Å². The van der Waals surface area contributed by atoms with Crippen molar-refractivity contribution in [2.24, 2.45) is 0 Å². The van der Waals surface area contributed by atoms with Crippen LogP contribution in [0.5, 0.6) is 0 Å². The van der Waals surface area contributed by atoms with Crippen LogP contribution in [0.4, 0.5) is 0 Å². The number of hydrogen-bond donors (Lipinski definition) is 0. The lowest BCUT2D eigenvalue weighted by atomic mass is 9.82. The summed E-state index contributed by atoms with van der Waals surface area (Å²) in [4.78, 5) is 12.0. The van der Waals surface area contributed by atoms with Crippen LogP contribution in [0.3, 0.4) is 0 Å². The SMILES string of the molecule is CC(C)[N+](C)(C)C1(C(=O)[O-])CCCCCCCCCC1. The number of nitrogens with zero attached hydrogens (tertiary/aromatic N) is 1. The van der Waals surface area contributed by atoms with E-state index < -0.39 is 11.5 Å². The van der Waals surface area contributed by atoms with E-state index in [0.29, 0.717) is 4.48 Å². The molecule has 1 saturated carbocycles. The molecule has 0 atom stereocenters. The van der Waals surface area contributed by atoms with Crippen molar-refractivity contribution in [2.45, 2.75) is 89.6 Å². The lowest BCUT2D eigenvalue weighted by molar-refractivity contribution is -0.954. The predicted octanol–water partition coefficient (Wildman–Crippen LogP) is 2.87. The summed E-state index contributed by atoms with van der Waals surface area (Å²) in [7, 11) is 4.14. The second-order valence-corrected chi connectivity index (χ2v) is 7.28. The van der Waals surface area contributed by atoms with Gasteiger partial charge in [0, 0.05) is 12.8 Å². The zero-order chi connectivity index (χ0) is 15.2. The Kier molecular flexibility index (Phi) is 6.50. The highest BCUT2D eigenvalue weighted by molar-refractivity contribution is 5.75. The van der Waals surface area contributed by atoms with E-state index in [2.05, 4.69) is 27.9 Å². The third-order valence-corrected chi connectivity index (χ3v) is 5.70. The smallest absolute Gasteiger partial charge is 0.139 e. The van der Waals surface area contributed by atoms with Crippen LogP contribution in [0.2, 0.25) is 0 Å². The summed E-state index contributed by atoms with van der Waals surface area (Å²) in [5.41, 5.74) is -0.710. The number of carbonyl (C=O) groups excluding carboxylic acids is 1. The second-order valence-electron chi connectivity index (χ2n) is 7.28. The molecule has 3 nitrogen and oxygen atoms in total. The van der Waals surface area contributed by atoms with Crippen molar-refractivity contribution in [1.29, 1.82) is 0 Å². The van der Waals surface area contributed by atoms with Gasteiger partial charge in [0.05, 0.1) is 20.1 Å². The lowest BCUT2D eigenvalue weighted by Crippen LogP contribution is -2.70. The number of carbonyl (C=O) groups is 1. The number of carboxylic acids is 1. The molecular formula is C17H33NO2. The molecule has 0 amide bonds. The average molecular weight is 283 g/mol. The van der Waals surface area contributed by atoms with Gasteiger partial charge in [-0.05, 0) is 26.7 Å². The van der Waals surface area contributed by atoms with Crippen LogP contribution in [-0.2, 0) is 4.79 Å². The first kappa shape index (κ1) is 17.5. The van der Waals surface area contributed by atoms with Gasteiger partial charge in [-0.2, -0.15) is 0 Å². The van der Waals surface area contributed by atoms with Crippen LogP contribution >= 0.6 is 0 Å². The summed E-state index contributed by atoms with van der Waals surface area (Å²) in [5.74, 6) is -0.838. The van der Waals surface area contributed by atoms with Gasteiger partial charge in [0.2, 0.25) is 0 Å². The zero-order valence-electron chi connectivity index (χ0n) is 13.9. The highest BCUT2D eigenvalue weighted by Crippen LogP contribution is 2.35. The molecular weight excluding hydrogens is 250 g/mol. The van der Waals surface area contributed by atoms with Crippen LogP contribution in [-0.4, -0.2) is 36.1 Å². The largest absolute Gasteiger partial charge is 0.544 e. The van der Waals surface area contributed by atoms with Crippen LogP contribution in [0.15, 0.2) is 0 Å². The summed E-state index contributed by atoms with van der Waals surface area (Å²) in [6, 6.07) is 0.290. The third kappa shape index (κ3) is 3.75. The molecule has 0 unspecified atom stereocenters. The van der Waals surface area contributed by atoms with E-state index >= 15 is 0 Å². The average Bonchev–Trinajstić information content (AvgIpc) is 2.42. The van der Waals surface area contributed by atoms with Crippen molar-refractivity contribution < 1.29 is 14.4 Å². The van der Waals surface area contributed by atoms with Gasteiger partial charge < -0.3 is 14.4 Å². The third-order valence-electron chi connectivity index (χ3n) is 5.70. The molecule has 20 heavy (non-hydrogen) atoms. The molecule has 1 aliphatic rings. The van der Waals surface area contributed by atoms with Crippen LogP contribution < -0.4 is 5.11 Å². The van der Waals surface area contributed by atoms with Crippen molar-refractivity contribution in [3.63, 3.8) is 0 Å². The Bertz CT molecular complexity index is 298. The maximum Gasteiger partial charge on any atom is 0.139 e. The van der Waals surface area contributed by atoms with Gasteiger partial charge in [-0.15, -0.1) is 0 Å². The Labute approximate surface area is 124 Å². The number of likely N-dealkylation sites (N-methyl/N-ethyl adjacent to an activating group) is 1. The first-order valence-electron chi connectivity index (χ1n) is 8.40. The van der Waals surface area contributed by atoms with E-state index in [0.717, 1.165) is 38.5 Å². The monoisotopic (exact) mass is 283 g/mol. The minimum atomic E-state index is -0.838. The maximum atomic E-state index is 12.0. The predicted molar refractivity (Wildman–Crippen MR) is 81.2 cm³/mol. The maximum absolute atomic E-state index is 12.0. The topological polar surface area (TPSA) is 40.1 Å². The van der Waals surface area contributed by atoms with Gasteiger partial charge in [0.15, 0.2) is 0 Å². The minimum Gasteiger partial charge on any atom is -0.544 e. The summed E-state index contributed by atoms with van der Waals surface area (Å²) < 4.78 is 0.537. The number of aliphatic carboxylic acids is 1. The minimum absolute atomic E-state index is 0.290. The molecule has 1 aliphatic carbocycles. The molecule has 3 heteroatoms. The summed E-state index contributed by atoms with van der Waals surface area (Å²) in [6.45, 7) is 4.24. The van der Waals surface area contributed by atoms with E-state index in [9.17, 15) is 9.90 Å². The van der Waals surface area contributed by atoms with Gasteiger partial charge in [-0.25, -0.2) is 0 Å². The Morgan fingerprint density at radius 2 is 1.25 bits per heavy atom. The Morgan fingerprint density at radius 3 is 1.55 bits per heavy atom. The molecule has 0 aromatic carbocycles. The summed E-state index contributed by atoms with van der Waals surface area (Å²) >= 11 is 0. The van der Waals surface area contributed by atoms with Crippen LogP contribution in [0.25, 0.3) is 0 Å². The van der Waals surface area contributed by atoms with E-state index in [1.54, 1.807) is 0 Å². The van der Waals surface area contributed by atoms with Crippen molar-refractivity contribution in [1.82, 2.24) is 0 Å². The molecule has 1 fully saturated rings. The van der Waals surface area contributed by atoms with Crippen molar-refractivity contribution in [2.75, 3.05) is 14.1 Å². The van der Waals surface area contributed by atoms with E-state index in [4.69, 9.17) is 0 Å². The fraction of sp³-hybridized carbons (Fsp3) is 0.941. The number of hydrogen-bond acceptors (Lipinski definition) is 2. The van der Waals surface area contributed by atoms with E-state index in [1.807, 2.05) is 0 Å². The molecule has 0 aliphatic heterocycles. The number of rotatable bonds is 3. The fourth-order valence-electron chi connectivity index (χ4n) is 3.53. The van der Waals surface area contributed by atoms with Gasteiger partial charge >= 0.3 is 0 Å². The molecule has 0 radical (unpaired) electrons. The molecule has 1 rings (SSSR count). The quantitative estimate of drug-likeness (QED) is 0.747. The highest BCUT2D eigenvalue weighted by Gasteiger charge is 2.47. The Hall–Kier alpha value is -0.570. The standard InChI is InChI=1S/C17H33NO2/c1-15(2)18(3,4)17(16(19)20)13-11-9-7-5-6-8-10-12-14-17/h15H,5-14H2,1-4H3. The molecule has 118 valence electrons. The van der Waals surface area contributed by atoms with Crippen molar-refractivity contribution in [3.05, 3.63) is 0 Å². The number of carboxylic acid groups (broad SMARTS) is 1. The summed E-state index contributed by atoms with van der Waals surface area (Å²) in [5, 5.41) is 12.0. The second kappa shape index (κ2) is 7.44. The summed E-state index contributed by atoms with van der Waals surface area (Å²) in [6.07, 6.45) is 11.0. The number of quaternary nitrogens is 1. The fourth-order valence-corrected chi connectivity index (χ4v) is 3.53. The van der Waals surface area contributed by atoms with Crippen molar-refractivity contribution in [3.8, 4) is 0 Å². The molecule has 0 spiro atoms. The molecule has 0 saturated heterocycles. The van der Waals surface area contributed by atoms with Crippen LogP contribution in [0.1, 0.15) is 78.1 Å². The first-order valence-corrected chi connectivity index (χ1v) is 8.40. The highest BCUT2D eigenvalue weighted by atomic mass is 16.4. The Morgan fingerprint density at radius 1 is 0.900 bits per heavy atom. The molecule has 0 heterocycles. The zero-order valence-corrected chi connectivity index (χ0v) is 13.9. The Balaban J connectivity index is 3.00. The van der Waals surface area contributed by atoms with E-state index in [-0.39, 0.29) is 6.04 Å². The van der Waals surface area contributed by atoms with Crippen molar-refractivity contribution >= 4 is 5.97 Å². The molecule has 0 bridgehead atoms. The molecule has 0 N–H and O–H groups in total. The van der Waals surface area contributed by atoms with Gasteiger partial charge in [-0.3, -0.25) is 0 Å². The van der Waals surface area contributed by atoms with E-state index in [1.165, 1.54) is 25.7 Å².